The number of aryl methyl sites for hydroxylation is 1. The summed E-state index contributed by atoms with van der Waals surface area (Å²) in [6.45, 7) is 0.643. The van der Waals surface area contributed by atoms with E-state index in [9.17, 15) is 9.59 Å². The van der Waals surface area contributed by atoms with Gasteiger partial charge in [-0.1, -0.05) is 24.3 Å². The Kier molecular flexibility index (Phi) is 5.02. The molecule has 0 aliphatic carbocycles. The predicted molar refractivity (Wildman–Crippen MR) is 99.6 cm³/mol. The number of rotatable bonds is 6. The molecule has 1 aliphatic rings. The van der Waals surface area contributed by atoms with Gasteiger partial charge in [0.15, 0.2) is 0 Å². The van der Waals surface area contributed by atoms with Gasteiger partial charge in [-0.05, 0) is 48.2 Å². The maximum absolute atomic E-state index is 12.8. The van der Waals surface area contributed by atoms with Gasteiger partial charge in [0.25, 0.3) is 0 Å². The van der Waals surface area contributed by atoms with Crippen LogP contribution >= 0.6 is 0 Å². The lowest BCUT2D eigenvalue weighted by atomic mass is 9.96. The van der Waals surface area contributed by atoms with Crippen molar-refractivity contribution in [1.82, 2.24) is 0 Å². The molecule has 6 nitrogen and oxygen atoms in total. The first kappa shape index (κ1) is 17.7. The number of aliphatic carboxylic acids is 1. The highest BCUT2D eigenvalue weighted by Gasteiger charge is 2.33. The van der Waals surface area contributed by atoms with Crippen LogP contribution in [0.4, 0.5) is 5.69 Å². The van der Waals surface area contributed by atoms with Gasteiger partial charge in [-0.25, -0.2) is 0 Å². The zero-order chi connectivity index (χ0) is 18.7. The molecule has 0 radical (unpaired) electrons. The van der Waals surface area contributed by atoms with E-state index in [0.29, 0.717) is 18.5 Å². The van der Waals surface area contributed by atoms with E-state index in [4.69, 9.17) is 16.2 Å². The summed E-state index contributed by atoms with van der Waals surface area (Å²) in [6, 6.07) is 14.7. The monoisotopic (exact) mass is 351 g/mol. The van der Waals surface area contributed by atoms with Crippen molar-refractivity contribution in [3.05, 3.63) is 65.2 Å². The molecule has 1 amide bonds. The van der Waals surface area contributed by atoms with Crippen LogP contribution in [0.1, 0.15) is 35.4 Å². The van der Waals surface area contributed by atoms with Crippen molar-refractivity contribution in [1.29, 1.82) is 5.41 Å². The molecule has 1 fully saturated rings. The maximum atomic E-state index is 12.8. The van der Waals surface area contributed by atoms with Gasteiger partial charge in [0, 0.05) is 24.2 Å². The van der Waals surface area contributed by atoms with Gasteiger partial charge in [0.05, 0.1) is 5.92 Å². The normalized spacial score (nSPS) is 16.7. The summed E-state index contributed by atoms with van der Waals surface area (Å²) < 4.78 is 0. The Balaban J connectivity index is 1.70. The Morgan fingerprint density at radius 2 is 1.81 bits per heavy atom. The lowest BCUT2D eigenvalue weighted by Gasteiger charge is -2.17. The van der Waals surface area contributed by atoms with E-state index in [1.165, 1.54) is 0 Å². The number of hydrogen-bond acceptors (Lipinski definition) is 3. The minimum atomic E-state index is -0.813. The Bertz CT molecular complexity index is 828. The number of carbonyl (C=O) groups excluding carboxylic acids is 1. The first-order valence-electron chi connectivity index (χ1n) is 8.52. The summed E-state index contributed by atoms with van der Waals surface area (Å²) in [4.78, 5) is 25.2. The van der Waals surface area contributed by atoms with Crippen molar-refractivity contribution in [3.8, 4) is 0 Å². The van der Waals surface area contributed by atoms with Crippen LogP contribution in [0, 0.1) is 5.41 Å². The average molecular weight is 351 g/mol. The number of nitrogen functional groups attached to an aromatic ring is 1. The first-order valence-corrected chi connectivity index (χ1v) is 8.52. The summed E-state index contributed by atoms with van der Waals surface area (Å²) in [5.41, 5.74) is 8.81. The van der Waals surface area contributed by atoms with Crippen LogP contribution in [0.15, 0.2) is 48.5 Å². The zero-order valence-corrected chi connectivity index (χ0v) is 14.3. The summed E-state index contributed by atoms with van der Waals surface area (Å²) >= 11 is 0. The van der Waals surface area contributed by atoms with Gasteiger partial charge in [-0.2, -0.15) is 0 Å². The Morgan fingerprint density at radius 3 is 2.38 bits per heavy atom. The van der Waals surface area contributed by atoms with Crippen LogP contribution in [0.3, 0.4) is 0 Å². The number of benzene rings is 2. The SMILES string of the molecule is N=C(N)c1ccc(N2CCC(c3ccc(CCC(=O)O)cc3)C2=O)cc1. The standard InChI is InChI=1S/C20H21N3O3/c21-19(22)15-6-8-16(9-7-15)23-12-11-17(20(23)26)14-4-1-13(2-5-14)3-10-18(24)25/h1-2,4-9,17H,3,10-12H2,(H3,21,22)(H,24,25). The van der Waals surface area contributed by atoms with Gasteiger partial charge < -0.3 is 15.7 Å². The minimum absolute atomic E-state index is 0.00478. The van der Waals surface area contributed by atoms with Gasteiger partial charge in [-0.3, -0.25) is 15.0 Å². The van der Waals surface area contributed by atoms with Gasteiger partial charge in [-0.15, -0.1) is 0 Å². The van der Waals surface area contributed by atoms with Crippen LogP contribution in [0.2, 0.25) is 0 Å². The van der Waals surface area contributed by atoms with Gasteiger partial charge in [0.1, 0.15) is 5.84 Å². The lowest BCUT2D eigenvalue weighted by molar-refractivity contribution is -0.137. The highest BCUT2D eigenvalue weighted by atomic mass is 16.4. The van der Waals surface area contributed by atoms with Gasteiger partial charge >= 0.3 is 5.97 Å². The van der Waals surface area contributed by atoms with E-state index >= 15 is 0 Å². The molecule has 0 saturated carbocycles. The van der Waals surface area contributed by atoms with E-state index in [0.717, 1.165) is 23.2 Å². The van der Waals surface area contributed by atoms with Crippen LogP contribution in [-0.2, 0) is 16.0 Å². The summed E-state index contributed by atoms with van der Waals surface area (Å²) in [7, 11) is 0. The van der Waals surface area contributed by atoms with E-state index in [-0.39, 0.29) is 24.1 Å². The second kappa shape index (κ2) is 7.39. The molecule has 4 N–H and O–H groups in total. The number of carboxylic acids is 1. The molecule has 1 heterocycles. The molecule has 0 aromatic heterocycles. The highest BCUT2D eigenvalue weighted by molar-refractivity contribution is 6.01. The second-order valence-electron chi connectivity index (χ2n) is 6.43. The topological polar surface area (TPSA) is 107 Å². The number of amides is 1. The quantitative estimate of drug-likeness (QED) is 0.549. The number of nitrogens with zero attached hydrogens (tertiary/aromatic N) is 1. The number of carboxylic acid groups (broad SMARTS) is 1. The molecule has 134 valence electrons. The summed E-state index contributed by atoms with van der Waals surface area (Å²) in [5.74, 6) is -0.938. The molecule has 6 heteroatoms. The highest BCUT2D eigenvalue weighted by Crippen LogP contribution is 2.32. The van der Waals surface area contributed by atoms with E-state index < -0.39 is 5.97 Å². The van der Waals surface area contributed by atoms with Crippen molar-refractivity contribution in [2.24, 2.45) is 5.73 Å². The van der Waals surface area contributed by atoms with Crippen LogP contribution in [-0.4, -0.2) is 29.4 Å². The molecule has 0 bridgehead atoms. The number of amidine groups is 1. The smallest absolute Gasteiger partial charge is 0.303 e. The third-order valence-electron chi connectivity index (χ3n) is 4.71. The Hall–Kier alpha value is -3.15. The molecule has 2 aromatic carbocycles. The number of anilines is 1. The van der Waals surface area contributed by atoms with Crippen molar-refractivity contribution in [2.75, 3.05) is 11.4 Å². The number of nitrogens with one attached hydrogen (secondary N) is 1. The molecular formula is C20H21N3O3. The fraction of sp³-hybridized carbons (Fsp3) is 0.250. The minimum Gasteiger partial charge on any atom is -0.481 e. The Morgan fingerprint density at radius 1 is 1.15 bits per heavy atom. The molecular weight excluding hydrogens is 330 g/mol. The second-order valence-corrected chi connectivity index (χ2v) is 6.43. The van der Waals surface area contributed by atoms with Crippen molar-refractivity contribution in [2.45, 2.75) is 25.2 Å². The number of carbonyl (C=O) groups is 2. The number of hydrogen-bond donors (Lipinski definition) is 3. The molecule has 26 heavy (non-hydrogen) atoms. The third-order valence-corrected chi connectivity index (χ3v) is 4.71. The molecule has 3 rings (SSSR count). The Labute approximate surface area is 151 Å². The third kappa shape index (κ3) is 3.74. The molecule has 1 unspecified atom stereocenters. The van der Waals surface area contributed by atoms with Gasteiger partial charge in [0.2, 0.25) is 5.91 Å². The van der Waals surface area contributed by atoms with E-state index in [1.54, 1.807) is 17.0 Å². The fourth-order valence-electron chi connectivity index (χ4n) is 3.23. The molecule has 1 atom stereocenters. The number of nitrogens with two attached hydrogens (primary N) is 1. The first-order chi connectivity index (χ1) is 12.5. The van der Waals surface area contributed by atoms with Crippen molar-refractivity contribution < 1.29 is 14.7 Å². The summed E-state index contributed by atoms with van der Waals surface area (Å²) in [5, 5.41) is 16.2. The largest absolute Gasteiger partial charge is 0.481 e. The van der Waals surface area contributed by atoms with E-state index in [1.807, 2.05) is 36.4 Å². The average Bonchev–Trinajstić information content (AvgIpc) is 3.02. The maximum Gasteiger partial charge on any atom is 0.303 e. The zero-order valence-electron chi connectivity index (χ0n) is 14.3. The molecule has 1 aliphatic heterocycles. The molecule has 1 saturated heterocycles. The fourth-order valence-corrected chi connectivity index (χ4v) is 3.23. The van der Waals surface area contributed by atoms with E-state index in [2.05, 4.69) is 0 Å². The molecule has 0 spiro atoms. The van der Waals surface area contributed by atoms with Crippen LogP contribution < -0.4 is 10.6 Å². The van der Waals surface area contributed by atoms with Crippen LogP contribution in [0.5, 0.6) is 0 Å². The molecule has 2 aromatic rings. The van der Waals surface area contributed by atoms with Crippen molar-refractivity contribution >= 4 is 23.4 Å². The predicted octanol–water partition coefficient (Wildman–Crippen LogP) is 2.51. The lowest BCUT2D eigenvalue weighted by Crippen LogP contribution is -2.26. The summed E-state index contributed by atoms with van der Waals surface area (Å²) in [6.07, 6.45) is 1.33. The van der Waals surface area contributed by atoms with Crippen molar-refractivity contribution in [3.63, 3.8) is 0 Å². The van der Waals surface area contributed by atoms with Crippen LogP contribution in [0.25, 0.3) is 0 Å².